The predicted octanol–water partition coefficient (Wildman–Crippen LogP) is 3.64. The Balaban J connectivity index is 1.59. The number of carboxylic acids is 1. The first-order chi connectivity index (χ1) is 15.3. The van der Waals surface area contributed by atoms with Gasteiger partial charge in [-0.25, -0.2) is 13.1 Å². The molecule has 0 bridgehead atoms. The average Bonchev–Trinajstić information content (AvgIpc) is 3.24. The average molecular weight is 464 g/mol. The van der Waals surface area contributed by atoms with Crippen molar-refractivity contribution in [3.8, 4) is 0 Å². The van der Waals surface area contributed by atoms with Crippen molar-refractivity contribution < 1.29 is 27.6 Å². The van der Waals surface area contributed by atoms with E-state index >= 15 is 0 Å². The van der Waals surface area contributed by atoms with Gasteiger partial charge in [-0.15, -0.1) is 0 Å². The lowest BCUT2D eigenvalue weighted by Crippen LogP contribution is -2.32. The third kappa shape index (κ3) is 7.44. The Morgan fingerprint density at radius 1 is 1.16 bits per heavy atom. The third-order valence-corrected chi connectivity index (χ3v) is 6.96. The highest BCUT2D eigenvalue weighted by Gasteiger charge is 2.26. The van der Waals surface area contributed by atoms with Crippen LogP contribution in [0.3, 0.4) is 0 Å². The first-order valence-corrected chi connectivity index (χ1v) is 12.6. The van der Waals surface area contributed by atoms with Crippen LogP contribution >= 0.6 is 0 Å². The summed E-state index contributed by atoms with van der Waals surface area (Å²) in [5, 5.41) is 12.8. The molecule has 1 fully saturated rings. The number of carbonyl (C=O) groups is 2. The van der Waals surface area contributed by atoms with Crippen molar-refractivity contribution in [2.75, 3.05) is 0 Å². The van der Waals surface area contributed by atoms with E-state index in [1.807, 2.05) is 4.72 Å². The molecular formula is C22H29N3O6S. The van der Waals surface area contributed by atoms with E-state index in [0.717, 1.165) is 12.8 Å². The van der Waals surface area contributed by atoms with Gasteiger partial charge in [0.05, 0.1) is 12.2 Å². The monoisotopic (exact) mass is 463 g/mol. The summed E-state index contributed by atoms with van der Waals surface area (Å²) in [6.45, 7) is 0. The molecule has 0 saturated heterocycles. The third-order valence-electron chi connectivity index (χ3n) is 5.75. The number of carboxylic acid groups (broad SMARTS) is 1. The number of nitrogens with zero attached hydrogens (tertiary/aromatic N) is 2. The van der Waals surface area contributed by atoms with Crippen LogP contribution in [-0.2, 0) is 20.6 Å². The van der Waals surface area contributed by atoms with E-state index < -0.39 is 33.6 Å². The Labute approximate surface area is 187 Å². The minimum absolute atomic E-state index is 0.0432. The van der Waals surface area contributed by atoms with Gasteiger partial charge >= 0.3 is 11.9 Å². The summed E-state index contributed by atoms with van der Waals surface area (Å²) in [6.07, 6.45) is 8.42. The van der Waals surface area contributed by atoms with Gasteiger partial charge in [0, 0.05) is 5.92 Å². The summed E-state index contributed by atoms with van der Waals surface area (Å²) in [5.74, 6) is -2.61. The number of hydrogen-bond acceptors (Lipinski definition) is 7. The second-order valence-electron chi connectivity index (χ2n) is 8.36. The molecule has 2 N–H and O–H groups in total. The molecule has 0 radical (unpaired) electrons. The number of amides is 1. The second kappa shape index (κ2) is 11.2. The fourth-order valence-electron chi connectivity index (χ4n) is 4.16. The number of hydrogen-bond donors (Lipinski definition) is 2. The molecular weight excluding hydrogens is 434 g/mol. The molecule has 9 nitrogen and oxygen atoms in total. The highest BCUT2D eigenvalue weighted by Crippen LogP contribution is 2.31. The van der Waals surface area contributed by atoms with Crippen molar-refractivity contribution in [2.45, 2.75) is 69.5 Å². The zero-order chi connectivity index (χ0) is 23.0. The molecule has 174 valence electrons. The highest BCUT2D eigenvalue weighted by atomic mass is 32.2. The molecule has 1 atom stereocenters. The maximum Gasteiger partial charge on any atom is 0.306 e. The molecule has 0 spiro atoms. The van der Waals surface area contributed by atoms with Crippen LogP contribution in [0.25, 0.3) is 0 Å². The lowest BCUT2D eigenvalue weighted by atomic mass is 9.84. The summed E-state index contributed by atoms with van der Waals surface area (Å²) in [4.78, 5) is 27.6. The largest absolute Gasteiger partial charge is 0.481 e. The van der Waals surface area contributed by atoms with E-state index in [0.29, 0.717) is 17.9 Å². The van der Waals surface area contributed by atoms with Crippen LogP contribution < -0.4 is 4.72 Å². The minimum Gasteiger partial charge on any atom is -0.481 e. The molecule has 1 aliphatic carbocycles. The van der Waals surface area contributed by atoms with E-state index in [4.69, 9.17) is 4.52 Å². The number of aromatic nitrogens is 2. The summed E-state index contributed by atoms with van der Waals surface area (Å²) < 4.78 is 31.6. The predicted molar refractivity (Wildman–Crippen MR) is 116 cm³/mol. The molecule has 32 heavy (non-hydrogen) atoms. The molecule has 1 amide bonds. The molecule has 1 unspecified atom stereocenters. The van der Waals surface area contributed by atoms with Crippen LogP contribution in [0.1, 0.15) is 85.8 Å². The normalized spacial score (nSPS) is 15.9. The van der Waals surface area contributed by atoms with Crippen molar-refractivity contribution in [2.24, 2.45) is 5.92 Å². The van der Waals surface area contributed by atoms with Gasteiger partial charge in [-0.05, 0) is 17.9 Å². The van der Waals surface area contributed by atoms with Gasteiger partial charge in [0.15, 0.2) is 0 Å². The second-order valence-corrected chi connectivity index (χ2v) is 10.1. The van der Waals surface area contributed by atoms with Crippen molar-refractivity contribution >= 4 is 21.9 Å². The maximum atomic E-state index is 12.3. The molecule has 3 rings (SSSR count). The van der Waals surface area contributed by atoms with Crippen LogP contribution in [0.2, 0.25) is 0 Å². The minimum atomic E-state index is -3.95. The topological polar surface area (TPSA) is 139 Å². The molecule has 1 heterocycles. The Hall–Kier alpha value is -2.75. The van der Waals surface area contributed by atoms with Crippen molar-refractivity contribution in [1.82, 2.24) is 14.9 Å². The highest BCUT2D eigenvalue weighted by molar-refractivity contribution is 7.89. The SMILES string of the molecule is O=C(O)CC(CCCC1CCCCC1)c1nc(C(=O)NS(=O)(=O)Cc2ccccc2)no1. The number of benzene rings is 1. The smallest absolute Gasteiger partial charge is 0.306 e. The summed E-state index contributed by atoms with van der Waals surface area (Å²) in [6, 6.07) is 8.45. The first kappa shape index (κ1) is 23.9. The van der Waals surface area contributed by atoms with Gasteiger partial charge in [-0.2, -0.15) is 4.98 Å². The molecule has 1 aromatic carbocycles. The van der Waals surface area contributed by atoms with Crippen molar-refractivity contribution in [3.63, 3.8) is 0 Å². The van der Waals surface area contributed by atoms with Gasteiger partial charge in [0.25, 0.3) is 5.82 Å². The lowest BCUT2D eigenvalue weighted by Gasteiger charge is -2.21. The molecule has 2 aromatic rings. The Bertz CT molecular complexity index is 1000. The van der Waals surface area contributed by atoms with Gasteiger partial charge in [0.1, 0.15) is 0 Å². The van der Waals surface area contributed by atoms with E-state index in [1.165, 1.54) is 32.1 Å². The van der Waals surface area contributed by atoms with Crippen LogP contribution in [0.15, 0.2) is 34.9 Å². The van der Waals surface area contributed by atoms with Gasteiger partial charge in [-0.1, -0.05) is 80.4 Å². The Kier molecular flexibility index (Phi) is 8.38. The number of aliphatic carboxylic acids is 1. The summed E-state index contributed by atoms with van der Waals surface area (Å²) in [7, 11) is -3.95. The zero-order valence-corrected chi connectivity index (χ0v) is 18.7. The van der Waals surface area contributed by atoms with Gasteiger partial charge in [-0.3, -0.25) is 9.59 Å². The molecule has 1 saturated carbocycles. The van der Waals surface area contributed by atoms with Crippen LogP contribution in [0.5, 0.6) is 0 Å². The van der Waals surface area contributed by atoms with E-state index in [1.54, 1.807) is 30.3 Å². The molecule has 0 aliphatic heterocycles. The van der Waals surface area contributed by atoms with Gasteiger partial charge < -0.3 is 9.63 Å². The Morgan fingerprint density at radius 2 is 1.88 bits per heavy atom. The molecule has 10 heteroatoms. The van der Waals surface area contributed by atoms with Gasteiger partial charge in [0.2, 0.25) is 15.9 Å². The van der Waals surface area contributed by atoms with Crippen LogP contribution in [0, 0.1) is 5.92 Å². The van der Waals surface area contributed by atoms with E-state index in [9.17, 15) is 23.1 Å². The number of carbonyl (C=O) groups excluding carboxylic acids is 1. The van der Waals surface area contributed by atoms with E-state index in [-0.39, 0.29) is 18.1 Å². The maximum absolute atomic E-state index is 12.3. The number of rotatable bonds is 11. The van der Waals surface area contributed by atoms with Crippen molar-refractivity contribution in [1.29, 1.82) is 0 Å². The Morgan fingerprint density at radius 3 is 2.56 bits per heavy atom. The lowest BCUT2D eigenvalue weighted by molar-refractivity contribution is -0.137. The molecule has 1 aromatic heterocycles. The number of sulfonamides is 1. The fourth-order valence-corrected chi connectivity index (χ4v) is 5.24. The van der Waals surface area contributed by atoms with Crippen LogP contribution in [0.4, 0.5) is 0 Å². The quantitative estimate of drug-likeness (QED) is 0.515. The zero-order valence-electron chi connectivity index (χ0n) is 17.9. The van der Waals surface area contributed by atoms with Crippen molar-refractivity contribution in [3.05, 3.63) is 47.6 Å². The molecule has 1 aliphatic rings. The summed E-state index contributed by atoms with van der Waals surface area (Å²) >= 11 is 0. The first-order valence-electron chi connectivity index (χ1n) is 11.0. The van der Waals surface area contributed by atoms with E-state index in [2.05, 4.69) is 10.1 Å². The fraction of sp³-hybridized carbons (Fsp3) is 0.545. The summed E-state index contributed by atoms with van der Waals surface area (Å²) in [5.41, 5.74) is 0.529. The standard InChI is InChI=1S/C22H29N3O6S/c26-19(27)14-18(13-7-12-16-8-3-1-4-9-16)22-23-20(24-31-22)21(28)25-32(29,30)15-17-10-5-2-6-11-17/h2,5-6,10-11,16,18H,1,3-4,7-9,12-15H2,(H,25,28)(H,26,27). The van der Waals surface area contributed by atoms with Crippen LogP contribution in [-0.4, -0.2) is 35.5 Å². The number of nitrogens with one attached hydrogen (secondary N) is 1.